The van der Waals surface area contributed by atoms with Gasteiger partial charge in [-0.15, -0.1) is 0 Å². The van der Waals surface area contributed by atoms with Gasteiger partial charge in [0.2, 0.25) is 0 Å². The van der Waals surface area contributed by atoms with Crippen LogP contribution in [0.4, 0.5) is 0 Å². The van der Waals surface area contributed by atoms with E-state index in [1.807, 2.05) is 0 Å². The summed E-state index contributed by atoms with van der Waals surface area (Å²) in [6, 6.07) is 0. The van der Waals surface area contributed by atoms with E-state index in [2.05, 4.69) is 11.7 Å². The van der Waals surface area contributed by atoms with Gasteiger partial charge in [-0.25, -0.2) is 0 Å². The van der Waals surface area contributed by atoms with Gasteiger partial charge in [-0.3, -0.25) is 4.79 Å². The monoisotopic (exact) mass is 273 g/mol. The summed E-state index contributed by atoms with van der Waals surface area (Å²) in [6.45, 7) is 5.40. The normalized spacial score (nSPS) is 14.1. The van der Waals surface area contributed by atoms with Gasteiger partial charge in [0.25, 0.3) is 0 Å². The van der Waals surface area contributed by atoms with Crippen LogP contribution in [0.1, 0.15) is 65.2 Å². The molecule has 0 saturated carbocycles. The predicted molar refractivity (Wildman–Crippen MR) is 78.0 cm³/mol. The lowest BCUT2D eigenvalue weighted by molar-refractivity contribution is -0.146. The fraction of sp³-hybridized carbons (Fsp3) is 0.933. The number of unbranched alkanes of at least 4 members (excludes halogenated alkanes) is 5. The van der Waals surface area contributed by atoms with E-state index in [-0.39, 0.29) is 5.97 Å². The Labute approximate surface area is 118 Å². The second-order valence-corrected chi connectivity index (χ2v) is 5.39. The van der Waals surface area contributed by atoms with Crippen molar-refractivity contribution in [2.45, 2.75) is 70.8 Å². The highest BCUT2D eigenvalue weighted by Gasteiger charge is 2.28. The summed E-state index contributed by atoms with van der Waals surface area (Å²) >= 11 is 0. The number of hydrogen-bond donors (Lipinski definition) is 1. The Morgan fingerprint density at radius 3 is 2.26 bits per heavy atom. The molecule has 0 aromatic carbocycles. The van der Waals surface area contributed by atoms with Crippen LogP contribution < -0.4 is 5.73 Å². The molecule has 19 heavy (non-hydrogen) atoms. The predicted octanol–water partition coefficient (Wildman–Crippen LogP) is 3.03. The topological polar surface area (TPSA) is 61.5 Å². The molecule has 0 aliphatic heterocycles. The van der Waals surface area contributed by atoms with Crippen molar-refractivity contribution in [2.75, 3.05) is 20.3 Å². The van der Waals surface area contributed by atoms with Crippen LogP contribution in [-0.2, 0) is 14.3 Å². The molecule has 0 aliphatic rings. The lowest BCUT2D eigenvalue weighted by atomic mass is 9.98. The second kappa shape index (κ2) is 11.2. The van der Waals surface area contributed by atoms with Gasteiger partial charge in [0.05, 0.1) is 7.11 Å². The maximum absolute atomic E-state index is 11.3. The molecule has 4 heteroatoms. The van der Waals surface area contributed by atoms with Gasteiger partial charge in [0.1, 0.15) is 5.54 Å². The smallest absolute Gasteiger partial charge is 0.325 e. The maximum atomic E-state index is 11.3. The molecule has 0 aliphatic carbocycles. The summed E-state index contributed by atoms with van der Waals surface area (Å²) < 4.78 is 10.2. The number of nitrogens with two attached hydrogens (primary N) is 1. The number of carbonyl (C=O) groups is 1. The molecular formula is C15H31NO3. The van der Waals surface area contributed by atoms with Crippen LogP contribution in [0.5, 0.6) is 0 Å². The minimum Gasteiger partial charge on any atom is -0.468 e. The zero-order valence-corrected chi connectivity index (χ0v) is 12.9. The van der Waals surface area contributed by atoms with Crippen LogP contribution in [0.15, 0.2) is 0 Å². The van der Waals surface area contributed by atoms with E-state index < -0.39 is 5.54 Å². The van der Waals surface area contributed by atoms with Crippen LogP contribution in [-0.4, -0.2) is 31.8 Å². The third-order valence-electron chi connectivity index (χ3n) is 3.28. The largest absolute Gasteiger partial charge is 0.468 e. The number of ether oxygens (including phenoxy) is 2. The molecule has 0 fully saturated rings. The minimum absolute atomic E-state index is 0.358. The molecule has 0 aromatic heterocycles. The van der Waals surface area contributed by atoms with E-state index in [4.69, 9.17) is 10.5 Å². The molecule has 2 N–H and O–H groups in total. The first-order chi connectivity index (χ1) is 9.04. The van der Waals surface area contributed by atoms with Crippen LogP contribution in [0.3, 0.4) is 0 Å². The molecule has 0 radical (unpaired) electrons. The highest BCUT2D eigenvalue weighted by molar-refractivity contribution is 5.79. The van der Waals surface area contributed by atoms with Crippen molar-refractivity contribution < 1.29 is 14.3 Å². The van der Waals surface area contributed by atoms with E-state index in [0.717, 1.165) is 19.4 Å². The Balaban J connectivity index is 3.33. The zero-order valence-electron chi connectivity index (χ0n) is 12.9. The van der Waals surface area contributed by atoms with Crippen molar-refractivity contribution in [2.24, 2.45) is 5.73 Å². The summed E-state index contributed by atoms with van der Waals surface area (Å²) in [4.78, 5) is 11.3. The van der Waals surface area contributed by atoms with Gasteiger partial charge in [0.15, 0.2) is 0 Å². The average molecular weight is 273 g/mol. The quantitative estimate of drug-likeness (QED) is 0.438. The van der Waals surface area contributed by atoms with Gasteiger partial charge in [-0.1, -0.05) is 39.0 Å². The number of carbonyl (C=O) groups excluding carboxylic acids is 1. The van der Waals surface area contributed by atoms with Crippen molar-refractivity contribution in [3.63, 3.8) is 0 Å². The van der Waals surface area contributed by atoms with E-state index in [9.17, 15) is 4.79 Å². The lowest BCUT2D eigenvalue weighted by Crippen LogP contribution is -2.45. The van der Waals surface area contributed by atoms with Crippen molar-refractivity contribution >= 4 is 5.97 Å². The molecule has 0 saturated heterocycles. The summed E-state index contributed by atoms with van der Waals surface area (Å²) in [5.41, 5.74) is 4.96. The zero-order chi connectivity index (χ0) is 14.6. The Bertz CT molecular complexity index is 229. The average Bonchev–Trinajstić information content (AvgIpc) is 2.39. The van der Waals surface area contributed by atoms with Crippen LogP contribution in [0.2, 0.25) is 0 Å². The first-order valence-electron chi connectivity index (χ1n) is 7.49. The van der Waals surface area contributed by atoms with Gasteiger partial charge < -0.3 is 15.2 Å². The second-order valence-electron chi connectivity index (χ2n) is 5.39. The Kier molecular flexibility index (Phi) is 10.9. The van der Waals surface area contributed by atoms with Gasteiger partial charge >= 0.3 is 5.97 Å². The summed E-state index contributed by atoms with van der Waals surface area (Å²) in [7, 11) is 1.36. The lowest BCUT2D eigenvalue weighted by Gasteiger charge is -2.20. The third kappa shape index (κ3) is 9.91. The summed E-state index contributed by atoms with van der Waals surface area (Å²) in [5, 5.41) is 0. The highest BCUT2D eigenvalue weighted by Crippen LogP contribution is 2.11. The molecular weight excluding hydrogens is 242 g/mol. The van der Waals surface area contributed by atoms with Crippen LogP contribution in [0.25, 0.3) is 0 Å². The number of hydrogen-bond acceptors (Lipinski definition) is 4. The first kappa shape index (κ1) is 18.4. The molecule has 114 valence electrons. The fourth-order valence-electron chi connectivity index (χ4n) is 1.96. The molecule has 0 rings (SSSR count). The standard InChI is InChI=1S/C15H31NO3/c1-4-5-6-7-8-9-12-19-13-10-11-15(2,16)14(17)18-3/h4-13,16H2,1-3H3. The summed E-state index contributed by atoms with van der Waals surface area (Å²) in [5.74, 6) is -0.358. The molecule has 4 nitrogen and oxygen atoms in total. The Hall–Kier alpha value is -0.610. The Morgan fingerprint density at radius 2 is 1.63 bits per heavy atom. The molecule has 0 bridgehead atoms. The van der Waals surface area contributed by atoms with E-state index in [0.29, 0.717) is 13.0 Å². The van der Waals surface area contributed by atoms with Crippen molar-refractivity contribution in [3.8, 4) is 0 Å². The highest BCUT2D eigenvalue weighted by atomic mass is 16.5. The van der Waals surface area contributed by atoms with Crippen molar-refractivity contribution in [1.82, 2.24) is 0 Å². The molecule has 1 unspecified atom stereocenters. The molecule has 0 heterocycles. The first-order valence-corrected chi connectivity index (χ1v) is 7.49. The van der Waals surface area contributed by atoms with Gasteiger partial charge in [0, 0.05) is 13.2 Å². The number of rotatable bonds is 12. The van der Waals surface area contributed by atoms with Crippen molar-refractivity contribution in [1.29, 1.82) is 0 Å². The molecule has 0 amide bonds. The summed E-state index contributed by atoms with van der Waals surface area (Å²) in [6.07, 6.45) is 9.02. The Morgan fingerprint density at radius 1 is 1.05 bits per heavy atom. The molecule has 0 spiro atoms. The SMILES string of the molecule is CCCCCCCCOCCCC(C)(N)C(=O)OC. The van der Waals surface area contributed by atoms with E-state index in [1.165, 1.54) is 39.2 Å². The van der Waals surface area contributed by atoms with E-state index in [1.54, 1.807) is 6.92 Å². The maximum Gasteiger partial charge on any atom is 0.325 e. The van der Waals surface area contributed by atoms with Gasteiger partial charge in [-0.05, 0) is 26.2 Å². The van der Waals surface area contributed by atoms with Crippen LogP contribution >= 0.6 is 0 Å². The number of methoxy groups -OCH3 is 1. The fourth-order valence-corrected chi connectivity index (χ4v) is 1.96. The van der Waals surface area contributed by atoms with Crippen molar-refractivity contribution in [3.05, 3.63) is 0 Å². The van der Waals surface area contributed by atoms with Gasteiger partial charge in [-0.2, -0.15) is 0 Å². The number of esters is 1. The minimum atomic E-state index is -0.891. The van der Waals surface area contributed by atoms with Crippen LogP contribution in [0, 0.1) is 0 Å². The molecule has 1 atom stereocenters. The molecule has 0 aromatic rings. The van der Waals surface area contributed by atoms with E-state index >= 15 is 0 Å². The third-order valence-corrected chi connectivity index (χ3v) is 3.28.